The first kappa shape index (κ1) is 13.7. The Kier molecular flexibility index (Phi) is 4.63. The number of nitrogens with one attached hydrogen (secondary N) is 1. The van der Waals surface area contributed by atoms with Gasteiger partial charge in [-0.15, -0.1) is 0 Å². The van der Waals surface area contributed by atoms with Crippen molar-refractivity contribution in [1.29, 1.82) is 0 Å². The summed E-state index contributed by atoms with van der Waals surface area (Å²) in [6.07, 6.45) is 3.58. The van der Waals surface area contributed by atoms with Gasteiger partial charge in [-0.3, -0.25) is 4.79 Å². The molecule has 0 saturated heterocycles. The number of rotatable bonds is 5. The van der Waals surface area contributed by atoms with Gasteiger partial charge < -0.3 is 9.73 Å². The van der Waals surface area contributed by atoms with Gasteiger partial charge in [-0.1, -0.05) is 30.3 Å². The van der Waals surface area contributed by atoms with Crippen LogP contribution in [-0.4, -0.2) is 22.4 Å². The summed E-state index contributed by atoms with van der Waals surface area (Å²) in [6.45, 7) is 2.18. The van der Waals surface area contributed by atoms with E-state index < -0.39 is 0 Å². The first-order valence-corrected chi connectivity index (χ1v) is 7.30. The zero-order valence-electron chi connectivity index (χ0n) is 10.9. The first-order chi connectivity index (χ1) is 9.20. The third-order valence-corrected chi connectivity index (χ3v) is 3.67. The van der Waals surface area contributed by atoms with Gasteiger partial charge in [0.05, 0.1) is 18.0 Å². The fraction of sp³-hybridized carbons (Fsp3) is 0.286. The second-order valence-electron chi connectivity index (χ2n) is 4.08. The van der Waals surface area contributed by atoms with E-state index in [-0.39, 0.29) is 11.2 Å². The molecule has 1 N–H and O–H groups in total. The summed E-state index contributed by atoms with van der Waals surface area (Å²) in [5.74, 6) is 1.22. The second kappa shape index (κ2) is 6.43. The van der Waals surface area contributed by atoms with E-state index in [1.54, 1.807) is 6.20 Å². The van der Waals surface area contributed by atoms with Gasteiger partial charge in [0, 0.05) is 5.56 Å². The number of hydrogen-bond donors (Lipinski definition) is 1. The number of amides is 1. The zero-order chi connectivity index (χ0) is 13.7. The number of oxazole rings is 1. The quantitative estimate of drug-likeness (QED) is 0.912. The third kappa shape index (κ3) is 3.61. The molecule has 0 aliphatic heterocycles. The summed E-state index contributed by atoms with van der Waals surface area (Å²) >= 11 is 1.51. The molecule has 100 valence electrons. The molecular weight excluding hydrogens is 260 g/mol. The highest BCUT2D eigenvalue weighted by Crippen LogP contribution is 2.19. The lowest BCUT2D eigenvalue weighted by Gasteiger charge is -2.07. The van der Waals surface area contributed by atoms with Crippen LogP contribution in [0.2, 0.25) is 0 Å². The van der Waals surface area contributed by atoms with Crippen molar-refractivity contribution in [2.45, 2.75) is 18.7 Å². The van der Waals surface area contributed by atoms with Crippen molar-refractivity contribution in [2.75, 3.05) is 6.26 Å². The van der Waals surface area contributed by atoms with Gasteiger partial charge in [-0.05, 0) is 13.2 Å². The van der Waals surface area contributed by atoms with E-state index in [1.807, 2.05) is 43.5 Å². The topological polar surface area (TPSA) is 55.1 Å². The first-order valence-electron chi connectivity index (χ1n) is 6.01. The van der Waals surface area contributed by atoms with Crippen molar-refractivity contribution in [2.24, 2.45) is 0 Å². The Balaban J connectivity index is 1.97. The smallest absolute Gasteiger partial charge is 0.233 e. The van der Waals surface area contributed by atoms with E-state index in [9.17, 15) is 4.79 Å². The lowest BCUT2D eigenvalue weighted by Crippen LogP contribution is -2.30. The van der Waals surface area contributed by atoms with Crippen LogP contribution in [0.3, 0.4) is 0 Å². The highest BCUT2D eigenvalue weighted by molar-refractivity contribution is 7.99. The summed E-state index contributed by atoms with van der Waals surface area (Å²) in [6, 6.07) is 9.75. The molecule has 0 unspecified atom stereocenters. The predicted molar refractivity (Wildman–Crippen MR) is 76.8 cm³/mol. The Labute approximate surface area is 116 Å². The molecule has 1 heterocycles. The summed E-state index contributed by atoms with van der Waals surface area (Å²) in [7, 11) is 0. The second-order valence-corrected chi connectivity index (χ2v) is 5.26. The zero-order valence-corrected chi connectivity index (χ0v) is 11.7. The molecule has 0 spiro atoms. The van der Waals surface area contributed by atoms with Crippen molar-refractivity contribution in [1.82, 2.24) is 10.3 Å². The van der Waals surface area contributed by atoms with Gasteiger partial charge in [0.2, 0.25) is 11.8 Å². The molecule has 0 aliphatic rings. The summed E-state index contributed by atoms with van der Waals surface area (Å²) in [5, 5.41) is 2.73. The van der Waals surface area contributed by atoms with Gasteiger partial charge >= 0.3 is 0 Å². The molecule has 19 heavy (non-hydrogen) atoms. The van der Waals surface area contributed by atoms with Crippen LogP contribution in [0.15, 0.2) is 40.9 Å². The molecule has 0 bridgehead atoms. The van der Waals surface area contributed by atoms with Crippen LogP contribution in [0.5, 0.6) is 0 Å². The Morgan fingerprint density at radius 1 is 1.42 bits per heavy atom. The maximum Gasteiger partial charge on any atom is 0.233 e. The van der Waals surface area contributed by atoms with Crippen LogP contribution in [0.4, 0.5) is 0 Å². The number of aromatic nitrogens is 1. The summed E-state index contributed by atoms with van der Waals surface area (Å²) in [4.78, 5) is 15.8. The van der Waals surface area contributed by atoms with E-state index >= 15 is 0 Å². The van der Waals surface area contributed by atoms with E-state index in [2.05, 4.69) is 10.3 Å². The molecule has 1 aromatic carbocycles. The Hall–Kier alpha value is -1.75. The highest BCUT2D eigenvalue weighted by atomic mass is 32.2. The Bertz CT molecular complexity index is 539. The number of hydrogen-bond acceptors (Lipinski definition) is 4. The number of benzene rings is 1. The molecule has 0 aliphatic carbocycles. The largest absolute Gasteiger partial charge is 0.439 e. The molecule has 1 aromatic heterocycles. The molecule has 2 rings (SSSR count). The molecule has 1 atom stereocenters. The van der Waals surface area contributed by atoms with Gasteiger partial charge in [-0.2, -0.15) is 11.8 Å². The number of nitrogens with zero attached hydrogens (tertiary/aromatic N) is 1. The maximum absolute atomic E-state index is 11.6. The van der Waals surface area contributed by atoms with Gasteiger partial charge in [0.25, 0.3) is 0 Å². The minimum Gasteiger partial charge on any atom is -0.439 e. The number of carbonyl (C=O) groups is 1. The average Bonchev–Trinajstić information content (AvgIpc) is 2.93. The monoisotopic (exact) mass is 276 g/mol. The van der Waals surface area contributed by atoms with Crippen molar-refractivity contribution in [3.8, 4) is 11.3 Å². The van der Waals surface area contributed by atoms with Crippen molar-refractivity contribution in [3.63, 3.8) is 0 Å². The maximum atomic E-state index is 11.6. The van der Waals surface area contributed by atoms with Gasteiger partial charge in [0.1, 0.15) is 0 Å². The van der Waals surface area contributed by atoms with Crippen LogP contribution in [0, 0.1) is 0 Å². The lowest BCUT2D eigenvalue weighted by molar-refractivity contribution is -0.120. The average molecular weight is 276 g/mol. The van der Waals surface area contributed by atoms with Crippen molar-refractivity contribution >= 4 is 17.7 Å². The van der Waals surface area contributed by atoms with E-state index in [4.69, 9.17) is 4.42 Å². The molecule has 4 nitrogen and oxygen atoms in total. The minimum absolute atomic E-state index is 0.00744. The predicted octanol–water partition coefficient (Wildman–Crippen LogP) is 2.71. The van der Waals surface area contributed by atoms with Crippen LogP contribution < -0.4 is 5.32 Å². The molecule has 2 aromatic rings. The fourth-order valence-corrected chi connectivity index (χ4v) is 1.84. The third-order valence-electron chi connectivity index (χ3n) is 2.75. The van der Waals surface area contributed by atoms with Crippen molar-refractivity contribution < 1.29 is 9.21 Å². The molecule has 5 heteroatoms. The van der Waals surface area contributed by atoms with Crippen molar-refractivity contribution in [3.05, 3.63) is 42.4 Å². The van der Waals surface area contributed by atoms with Crippen LogP contribution in [-0.2, 0) is 11.3 Å². The summed E-state index contributed by atoms with van der Waals surface area (Å²) in [5.41, 5.74) is 0.977. The Morgan fingerprint density at radius 2 is 2.16 bits per heavy atom. The molecule has 1 amide bonds. The molecular formula is C14H16N2O2S. The normalized spacial score (nSPS) is 12.1. The minimum atomic E-state index is -0.0662. The number of thioether (sulfide) groups is 1. The summed E-state index contributed by atoms with van der Waals surface area (Å²) < 4.78 is 5.60. The standard InChI is InChI=1S/C14H16N2O2S/c1-10(19-2)14(17)16-9-13-15-8-12(18-13)11-6-4-3-5-7-11/h3-8,10H,9H2,1-2H3,(H,16,17)/t10-/m1/s1. The number of carbonyl (C=O) groups excluding carboxylic acids is 1. The lowest BCUT2D eigenvalue weighted by atomic mass is 10.2. The van der Waals surface area contributed by atoms with Crippen LogP contribution in [0.25, 0.3) is 11.3 Å². The van der Waals surface area contributed by atoms with E-state index in [0.29, 0.717) is 18.2 Å². The van der Waals surface area contributed by atoms with E-state index in [0.717, 1.165) is 5.56 Å². The SMILES string of the molecule is CS[C@H](C)C(=O)NCc1ncc(-c2ccccc2)o1. The molecule has 0 radical (unpaired) electrons. The van der Waals surface area contributed by atoms with Crippen LogP contribution >= 0.6 is 11.8 Å². The Morgan fingerprint density at radius 3 is 2.84 bits per heavy atom. The molecule has 0 saturated carbocycles. The van der Waals surface area contributed by atoms with Crippen LogP contribution in [0.1, 0.15) is 12.8 Å². The van der Waals surface area contributed by atoms with Gasteiger partial charge in [-0.25, -0.2) is 4.98 Å². The highest BCUT2D eigenvalue weighted by Gasteiger charge is 2.12. The fourth-order valence-electron chi connectivity index (χ4n) is 1.54. The van der Waals surface area contributed by atoms with Gasteiger partial charge in [0.15, 0.2) is 5.76 Å². The molecule has 0 fully saturated rings. The van der Waals surface area contributed by atoms with E-state index in [1.165, 1.54) is 11.8 Å².